The van der Waals surface area contributed by atoms with Crippen molar-refractivity contribution in [3.8, 4) is 21.6 Å². The minimum absolute atomic E-state index is 0.00744. The molecule has 0 aliphatic carbocycles. The van der Waals surface area contributed by atoms with E-state index in [0.29, 0.717) is 70.1 Å². The highest BCUT2D eigenvalue weighted by Crippen LogP contribution is 2.45. The van der Waals surface area contributed by atoms with Crippen LogP contribution in [0.5, 0.6) is 0 Å². The number of hydrogen-bond donors (Lipinski definition) is 5. The Morgan fingerprint density at radius 3 is 2.34 bits per heavy atom. The van der Waals surface area contributed by atoms with Gasteiger partial charge in [0.25, 0.3) is 17.4 Å². The summed E-state index contributed by atoms with van der Waals surface area (Å²) in [4.78, 5) is 88.5. The summed E-state index contributed by atoms with van der Waals surface area (Å²) in [6, 6.07) is 9.89. The standard InChI is InChI=1S/C58H68F2N10O8S2/c1-33-49(79-32-64-33)34-17-19-37(20-18-34)58(5)56(76)66-51(67-58)45-24-39(71)29-70(45)55(75)50(57(2,3)4)65-46(72)16-14-12-10-8-9-11-13-15-21-61-53(73)40-25-44-41(22-35(40)31-80(7,77)78)42-30-68(6)54(74)48-47(42)36(26-62-48)28-69(44)52-43(60)23-38(59)27-63-52/h17-20,22-23,25-27,30,32,39,45,50,62,71H,8-16,21,24,28-29,31H2,1-7H3,(H,61,73)(H,65,72)(H,66,67,76)/t39-,45-,50?,58+/m1/s1. The van der Waals surface area contributed by atoms with Gasteiger partial charge in [0.1, 0.15) is 28.8 Å². The van der Waals surface area contributed by atoms with E-state index in [0.717, 1.165) is 67.1 Å². The van der Waals surface area contributed by atoms with E-state index < -0.39 is 68.2 Å². The van der Waals surface area contributed by atoms with Gasteiger partial charge >= 0.3 is 0 Å². The van der Waals surface area contributed by atoms with E-state index >= 15 is 4.39 Å². The zero-order valence-electron chi connectivity index (χ0n) is 46.0. The van der Waals surface area contributed by atoms with Crippen LogP contribution in [0.15, 0.2) is 76.4 Å². The molecule has 6 aromatic rings. The minimum Gasteiger partial charge on any atom is -0.391 e. The highest BCUT2D eigenvalue weighted by molar-refractivity contribution is 7.89. The predicted octanol–water partition coefficient (Wildman–Crippen LogP) is 8.01. The number of nitrogens with one attached hydrogen (secondary N) is 4. The van der Waals surface area contributed by atoms with Gasteiger partial charge < -0.3 is 40.4 Å². The van der Waals surface area contributed by atoms with E-state index in [2.05, 4.69) is 35.9 Å². The number of aliphatic hydroxyl groups is 1. The van der Waals surface area contributed by atoms with Gasteiger partial charge in [0.2, 0.25) is 11.8 Å². The Balaban J connectivity index is 0.747. The highest BCUT2D eigenvalue weighted by Gasteiger charge is 2.49. The van der Waals surface area contributed by atoms with Crippen LogP contribution in [0.4, 0.5) is 20.3 Å². The molecule has 0 bridgehead atoms. The Morgan fingerprint density at radius 1 is 0.975 bits per heavy atom. The summed E-state index contributed by atoms with van der Waals surface area (Å²) in [6.07, 6.45) is 11.3. The second-order valence-electron chi connectivity index (χ2n) is 22.7. The minimum atomic E-state index is -3.67. The maximum absolute atomic E-state index is 15.6. The molecule has 0 spiro atoms. The van der Waals surface area contributed by atoms with Gasteiger partial charge in [-0.25, -0.2) is 27.2 Å². The summed E-state index contributed by atoms with van der Waals surface area (Å²) >= 11 is 1.54. The van der Waals surface area contributed by atoms with Gasteiger partial charge in [-0.05, 0) is 66.5 Å². The van der Waals surface area contributed by atoms with Crippen LogP contribution in [0.2, 0.25) is 0 Å². The van der Waals surface area contributed by atoms with Crippen LogP contribution < -0.4 is 26.4 Å². The molecule has 7 heterocycles. The molecular weight excluding hydrogens is 1070 g/mol. The van der Waals surface area contributed by atoms with Crippen molar-refractivity contribution >= 4 is 73.0 Å². The number of unbranched alkanes of at least 4 members (excludes halogenated alkanes) is 7. The second-order valence-corrected chi connectivity index (χ2v) is 25.7. The molecule has 1 fully saturated rings. The molecule has 2 aromatic carbocycles. The highest BCUT2D eigenvalue weighted by atomic mass is 32.2. The third-order valence-electron chi connectivity index (χ3n) is 15.3. The first-order chi connectivity index (χ1) is 37.9. The van der Waals surface area contributed by atoms with E-state index in [-0.39, 0.29) is 60.2 Å². The maximum atomic E-state index is 15.6. The van der Waals surface area contributed by atoms with Gasteiger partial charge in [-0.15, -0.1) is 11.3 Å². The summed E-state index contributed by atoms with van der Waals surface area (Å²) < 4.78 is 56.7. The number of fused-ring (bicyclic) bond motifs is 2. The molecule has 3 aliphatic heterocycles. The third kappa shape index (κ3) is 12.1. The molecule has 5 N–H and O–H groups in total. The van der Waals surface area contributed by atoms with Crippen LogP contribution in [0, 0.1) is 24.0 Å². The van der Waals surface area contributed by atoms with E-state index in [1.807, 2.05) is 52.0 Å². The molecule has 1 saturated heterocycles. The Morgan fingerprint density at radius 2 is 1.68 bits per heavy atom. The number of hydrogen-bond acceptors (Lipinski definition) is 13. The number of pyridine rings is 2. The van der Waals surface area contributed by atoms with Crippen molar-refractivity contribution in [2.75, 3.05) is 24.2 Å². The van der Waals surface area contributed by atoms with Crippen molar-refractivity contribution in [3.63, 3.8) is 0 Å². The van der Waals surface area contributed by atoms with Crippen LogP contribution >= 0.6 is 11.3 Å². The SMILES string of the molecule is Cc1ncsc1-c1ccc([C@]2(C)NC([C@H]3C[C@@H](O)CN3C(=O)C(NC(=O)CCCCCCCCCCNC(=O)c3cc4c(cc3CS(C)(=O)=O)-c3cn(C)c(=O)c5[nH]cc(c35)CN4c3ncc(F)cc3F)C(C)(C)C)=NC2=O)cc1. The van der Waals surface area contributed by atoms with Crippen LogP contribution in [-0.4, -0.2) is 105 Å². The fraction of sp³-hybridized carbons (Fsp3) is 0.448. The van der Waals surface area contributed by atoms with Gasteiger partial charge in [0.05, 0.1) is 52.4 Å². The van der Waals surface area contributed by atoms with Gasteiger partial charge in [0, 0.05) is 79.8 Å². The molecule has 3 aliphatic rings. The Kier molecular flexibility index (Phi) is 16.6. The fourth-order valence-corrected chi connectivity index (χ4v) is 12.7. The van der Waals surface area contributed by atoms with Crippen molar-refractivity contribution in [2.24, 2.45) is 17.5 Å². The maximum Gasteiger partial charge on any atom is 0.277 e. The smallest absolute Gasteiger partial charge is 0.277 e. The summed E-state index contributed by atoms with van der Waals surface area (Å²) in [5.74, 6) is -3.75. The van der Waals surface area contributed by atoms with Crippen molar-refractivity contribution in [3.05, 3.63) is 117 Å². The quantitative estimate of drug-likeness (QED) is 0.0457. The number of rotatable bonds is 20. The molecule has 424 valence electrons. The monoisotopic (exact) mass is 1130 g/mol. The van der Waals surface area contributed by atoms with Crippen molar-refractivity contribution in [2.45, 2.75) is 135 Å². The molecule has 1 unspecified atom stereocenters. The third-order valence-corrected chi connectivity index (χ3v) is 17.1. The molecular formula is C58H68F2N10O8S2. The Hall–Kier alpha value is -7.17. The lowest BCUT2D eigenvalue weighted by Crippen LogP contribution is -2.58. The zero-order chi connectivity index (χ0) is 57.4. The number of anilines is 2. The lowest BCUT2D eigenvalue weighted by atomic mass is 9.85. The Bertz CT molecular complexity index is 3590. The molecule has 22 heteroatoms. The van der Waals surface area contributed by atoms with Gasteiger partial charge in [0.15, 0.2) is 21.5 Å². The number of nitrogens with zero attached hydrogens (tertiary/aromatic N) is 6. The number of carbonyl (C=O) groups excluding carboxylic acids is 4. The van der Waals surface area contributed by atoms with Gasteiger partial charge in [-0.3, -0.25) is 24.0 Å². The Labute approximate surface area is 467 Å². The number of amides is 4. The van der Waals surface area contributed by atoms with E-state index in [1.165, 1.54) is 20.4 Å². The normalized spacial score (nSPS) is 18.5. The van der Waals surface area contributed by atoms with Crippen LogP contribution in [0.25, 0.3) is 32.5 Å². The van der Waals surface area contributed by atoms with Crippen molar-refractivity contribution in [1.29, 1.82) is 0 Å². The number of aromatic nitrogens is 4. The number of H-pyrrole nitrogens is 1. The number of carbonyl (C=O) groups is 4. The van der Waals surface area contributed by atoms with E-state index in [4.69, 9.17) is 0 Å². The molecule has 0 radical (unpaired) electrons. The lowest BCUT2D eigenvalue weighted by molar-refractivity contribution is -0.139. The van der Waals surface area contributed by atoms with Crippen LogP contribution in [0.3, 0.4) is 0 Å². The number of thiazole rings is 1. The number of aliphatic imine (C=N–C) groups is 1. The largest absolute Gasteiger partial charge is 0.391 e. The summed E-state index contributed by atoms with van der Waals surface area (Å²) in [5.41, 5.74) is 4.75. The lowest BCUT2D eigenvalue weighted by Gasteiger charge is -2.36. The first kappa shape index (κ1) is 57.5. The van der Waals surface area contributed by atoms with Crippen molar-refractivity contribution in [1.82, 2.24) is 40.4 Å². The molecule has 4 aromatic heterocycles. The molecule has 0 saturated carbocycles. The average Bonchev–Trinajstić information content (AvgIpc) is 4.32. The first-order valence-electron chi connectivity index (χ1n) is 27.0. The topological polar surface area (TPSA) is 241 Å². The summed E-state index contributed by atoms with van der Waals surface area (Å²) in [6.45, 7) is 9.66. The average molecular weight is 1140 g/mol. The number of benzene rings is 2. The number of aromatic amines is 1. The summed E-state index contributed by atoms with van der Waals surface area (Å²) in [7, 11) is -2.09. The number of halogens is 2. The second kappa shape index (κ2) is 23.1. The molecule has 9 rings (SSSR count). The van der Waals surface area contributed by atoms with E-state index in [9.17, 15) is 41.9 Å². The molecule has 4 amide bonds. The van der Waals surface area contributed by atoms with E-state index in [1.54, 1.807) is 49.3 Å². The number of sulfone groups is 1. The summed E-state index contributed by atoms with van der Waals surface area (Å²) in [5, 5.41) is 20.7. The van der Waals surface area contributed by atoms with Crippen LogP contribution in [-0.2, 0) is 49.1 Å². The number of β-amino-alcohol motifs (C(OH)–C–C–N with tert-alkyl or cyclic N) is 1. The van der Waals surface area contributed by atoms with Gasteiger partial charge in [-0.2, -0.15) is 4.99 Å². The van der Waals surface area contributed by atoms with Crippen molar-refractivity contribution < 1.29 is 41.5 Å². The van der Waals surface area contributed by atoms with Crippen LogP contribution in [0.1, 0.15) is 125 Å². The zero-order valence-corrected chi connectivity index (χ0v) is 47.7. The number of likely N-dealkylation sites (tertiary alicyclic amines) is 1. The first-order valence-corrected chi connectivity index (χ1v) is 30.0. The molecule has 80 heavy (non-hydrogen) atoms. The molecule has 4 atom stereocenters. The number of amidine groups is 1. The fourth-order valence-electron chi connectivity index (χ4n) is 11.1. The van der Waals surface area contributed by atoms with Gasteiger partial charge in [-0.1, -0.05) is 83.6 Å². The number of aliphatic hydroxyl groups excluding tert-OH is 1. The molecule has 18 nitrogen and oxygen atoms in total. The predicted molar refractivity (Wildman–Crippen MR) is 304 cm³/mol. The number of aryl methyl sites for hydroxylation is 2.